The molecule has 1 atom stereocenters. The molecule has 1 aliphatic heterocycles. The number of piperazine rings is 1. The van der Waals surface area contributed by atoms with E-state index >= 15 is 0 Å². The zero-order valence-electron chi connectivity index (χ0n) is 11.7. The maximum Gasteiger partial charge on any atom is 0.254 e. The number of likely N-dealkylation sites (N-methyl/N-ethyl adjacent to an activating group) is 1. The molecule has 3 heterocycles. The Bertz CT molecular complexity index is 592. The van der Waals surface area contributed by atoms with Crippen molar-refractivity contribution in [2.45, 2.75) is 6.04 Å². The highest BCUT2D eigenvalue weighted by atomic mass is 32.1. The normalized spacial score (nSPS) is 20.3. The van der Waals surface area contributed by atoms with Crippen molar-refractivity contribution < 1.29 is 4.79 Å². The first-order valence-corrected chi connectivity index (χ1v) is 7.60. The minimum Gasteiger partial charge on any atom is -0.337 e. The van der Waals surface area contributed by atoms with E-state index in [1.165, 1.54) is 0 Å². The van der Waals surface area contributed by atoms with Gasteiger partial charge in [-0.1, -0.05) is 0 Å². The van der Waals surface area contributed by atoms with Crippen LogP contribution in [-0.4, -0.2) is 51.9 Å². The number of hydrogen-bond donors (Lipinski definition) is 0. The van der Waals surface area contributed by atoms with Crippen LogP contribution in [0, 0.1) is 0 Å². The van der Waals surface area contributed by atoms with E-state index in [9.17, 15) is 4.79 Å². The third kappa shape index (κ3) is 2.36. The Kier molecular flexibility index (Phi) is 3.58. The number of aromatic nitrogens is 2. The van der Waals surface area contributed by atoms with Gasteiger partial charge in [0.2, 0.25) is 0 Å². The molecule has 0 bridgehead atoms. The molecule has 5 nitrogen and oxygen atoms in total. The predicted molar refractivity (Wildman–Crippen MR) is 78.8 cm³/mol. The number of rotatable bonds is 2. The molecule has 0 aromatic carbocycles. The summed E-state index contributed by atoms with van der Waals surface area (Å²) in [6.07, 6.45) is 3.76. The van der Waals surface area contributed by atoms with Crippen molar-refractivity contribution in [3.63, 3.8) is 0 Å². The molecule has 20 heavy (non-hydrogen) atoms. The van der Waals surface area contributed by atoms with E-state index in [2.05, 4.69) is 16.9 Å². The SMILES string of the molecule is CN1CCN(C(=O)c2ccsc2)CC1c1nccn1C. The standard InChI is InChI=1S/C14H18N4OS/c1-16-6-7-18(14(19)11-3-8-20-10-11)9-12(16)13-15-4-5-17(13)2/h3-5,8,10,12H,6-7,9H2,1-2H3. The number of carbonyl (C=O) groups is 1. The Hall–Kier alpha value is -1.66. The summed E-state index contributed by atoms with van der Waals surface area (Å²) in [6, 6.07) is 2.05. The van der Waals surface area contributed by atoms with Crippen LogP contribution in [0.4, 0.5) is 0 Å². The van der Waals surface area contributed by atoms with Crippen molar-refractivity contribution in [2.75, 3.05) is 26.7 Å². The molecule has 0 radical (unpaired) electrons. The second kappa shape index (κ2) is 5.38. The van der Waals surface area contributed by atoms with E-state index < -0.39 is 0 Å². The summed E-state index contributed by atoms with van der Waals surface area (Å²) in [5.74, 6) is 1.13. The third-order valence-corrected chi connectivity index (χ3v) is 4.54. The lowest BCUT2D eigenvalue weighted by Crippen LogP contribution is -2.49. The van der Waals surface area contributed by atoms with Crippen LogP contribution in [0.15, 0.2) is 29.2 Å². The van der Waals surface area contributed by atoms with Crippen LogP contribution >= 0.6 is 11.3 Å². The molecule has 0 saturated carbocycles. The van der Waals surface area contributed by atoms with Gasteiger partial charge >= 0.3 is 0 Å². The van der Waals surface area contributed by atoms with Crippen LogP contribution in [0.25, 0.3) is 0 Å². The summed E-state index contributed by atoms with van der Waals surface area (Å²) in [6.45, 7) is 2.33. The fourth-order valence-electron chi connectivity index (χ4n) is 2.60. The molecule has 1 fully saturated rings. The summed E-state index contributed by atoms with van der Waals surface area (Å²) in [5, 5.41) is 3.86. The first kappa shape index (κ1) is 13.3. The fourth-order valence-corrected chi connectivity index (χ4v) is 3.23. The number of hydrogen-bond acceptors (Lipinski definition) is 4. The average Bonchev–Trinajstić information content (AvgIpc) is 3.10. The number of aryl methyl sites for hydroxylation is 1. The summed E-state index contributed by atoms with van der Waals surface area (Å²) < 4.78 is 2.03. The van der Waals surface area contributed by atoms with Gasteiger partial charge in [-0.25, -0.2) is 4.98 Å². The van der Waals surface area contributed by atoms with Gasteiger partial charge in [-0.2, -0.15) is 11.3 Å². The number of carbonyl (C=O) groups excluding carboxylic acids is 1. The molecule has 0 spiro atoms. The van der Waals surface area contributed by atoms with Gasteiger partial charge in [0.25, 0.3) is 5.91 Å². The van der Waals surface area contributed by atoms with Crippen molar-refractivity contribution in [3.05, 3.63) is 40.6 Å². The minimum absolute atomic E-state index is 0.124. The van der Waals surface area contributed by atoms with Gasteiger partial charge in [-0.05, 0) is 18.5 Å². The second-order valence-corrected chi connectivity index (χ2v) is 5.94. The monoisotopic (exact) mass is 290 g/mol. The lowest BCUT2D eigenvalue weighted by molar-refractivity contribution is 0.0529. The number of thiophene rings is 1. The molecule has 106 valence electrons. The molecule has 1 unspecified atom stereocenters. The molecule has 0 aliphatic carbocycles. The molecule has 2 aromatic rings. The Labute approximate surface area is 122 Å². The number of imidazole rings is 1. The maximum absolute atomic E-state index is 12.5. The highest BCUT2D eigenvalue weighted by Gasteiger charge is 2.31. The minimum atomic E-state index is 0.124. The second-order valence-electron chi connectivity index (χ2n) is 5.16. The summed E-state index contributed by atoms with van der Waals surface area (Å²) in [7, 11) is 4.08. The average molecular weight is 290 g/mol. The van der Waals surface area contributed by atoms with Gasteiger partial charge in [0, 0.05) is 44.5 Å². The molecule has 6 heteroatoms. The number of amides is 1. The zero-order chi connectivity index (χ0) is 14.1. The van der Waals surface area contributed by atoms with Crippen LogP contribution in [0.2, 0.25) is 0 Å². The first-order chi connectivity index (χ1) is 9.66. The first-order valence-electron chi connectivity index (χ1n) is 6.65. The summed E-state index contributed by atoms with van der Waals surface area (Å²) >= 11 is 1.56. The Balaban J connectivity index is 1.80. The van der Waals surface area contributed by atoms with E-state index in [-0.39, 0.29) is 11.9 Å². The predicted octanol–water partition coefficient (Wildman–Crippen LogP) is 1.61. The van der Waals surface area contributed by atoms with Crippen LogP contribution in [0.3, 0.4) is 0 Å². The smallest absolute Gasteiger partial charge is 0.254 e. The lowest BCUT2D eigenvalue weighted by atomic mass is 10.1. The molecule has 0 N–H and O–H groups in total. The highest BCUT2D eigenvalue weighted by molar-refractivity contribution is 7.08. The topological polar surface area (TPSA) is 41.4 Å². The van der Waals surface area contributed by atoms with Crippen molar-refractivity contribution >= 4 is 17.2 Å². The Morgan fingerprint density at radius 1 is 1.40 bits per heavy atom. The van der Waals surface area contributed by atoms with Crippen molar-refractivity contribution in [1.29, 1.82) is 0 Å². The van der Waals surface area contributed by atoms with E-state index in [4.69, 9.17) is 0 Å². The van der Waals surface area contributed by atoms with Gasteiger partial charge < -0.3 is 9.47 Å². The lowest BCUT2D eigenvalue weighted by Gasteiger charge is -2.38. The van der Waals surface area contributed by atoms with Gasteiger partial charge in [-0.3, -0.25) is 9.69 Å². The number of nitrogens with zero attached hydrogens (tertiary/aromatic N) is 4. The van der Waals surface area contributed by atoms with Gasteiger partial charge in [0.15, 0.2) is 0 Å². The Morgan fingerprint density at radius 3 is 2.90 bits per heavy atom. The van der Waals surface area contributed by atoms with Crippen LogP contribution in [-0.2, 0) is 7.05 Å². The van der Waals surface area contributed by atoms with E-state index in [1.807, 2.05) is 45.7 Å². The highest BCUT2D eigenvalue weighted by Crippen LogP contribution is 2.23. The molecule has 1 saturated heterocycles. The van der Waals surface area contributed by atoms with Gasteiger partial charge in [-0.15, -0.1) is 0 Å². The summed E-state index contributed by atoms with van der Waals surface area (Å²) in [5.41, 5.74) is 0.790. The van der Waals surface area contributed by atoms with Crippen molar-refractivity contribution in [2.24, 2.45) is 7.05 Å². The van der Waals surface area contributed by atoms with E-state index in [0.29, 0.717) is 6.54 Å². The van der Waals surface area contributed by atoms with Crippen LogP contribution in [0.5, 0.6) is 0 Å². The van der Waals surface area contributed by atoms with Crippen LogP contribution < -0.4 is 0 Å². The van der Waals surface area contributed by atoms with Crippen LogP contribution in [0.1, 0.15) is 22.2 Å². The molecular weight excluding hydrogens is 272 g/mol. The van der Waals surface area contributed by atoms with Crippen molar-refractivity contribution in [1.82, 2.24) is 19.4 Å². The van der Waals surface area contributed by atoms with E-state index in [0.717, 1.165) is 24.5 Å². The Morgan fingerprint density at radius 2 is 2.25 bits per heavy atom. The third-order valence-electron chi connectivity index (χ3n) is 3.86. The quantitative estimate of drug-likeness (QED) is 0.844. The molecule has 2 aromatic heterocycles. The largest absolute Gasteiger partial charge is 0.337 e. The van der Waals surface area contributed by atoms with Gasteiger partial charge in [0.05, 0.1) is 11.6 Å². The van der Waals surface area contributed by atoms with E-state index in [1.54, 1.807) is 11.3 Å². The van der Waals surface area contributed by atoms with Gasteiger partial charge in [0.1, 0.15) is 5.82 Å². The molecule has 1 aliphatic rings. The summed E-state index contributed by atoms with van der Waals surface area (Å²) in [4.78, 5) is 21.1. The zero-order valence-corrected chi connectivity index (χ0v) is 12.5. The fraction of sp³-hybridized carbons (Fsp3) is 0.429. The maximum atomic E-state index is 12.5. The molecular formula is C14H18N4OS. The molecule has 3 rings (SSSR count). The van der Waals surface area contributed by atoms with Crippen molar-refractivity contribution in [3.8, 4) is 0 Å². The molecule has 1 amide bonds.